The Kier molecular flexibility index (Phi) is 6.63. The maximum atomic E-state index is 12.1. The Morgan fingerprint density at radius 2 is 1.84 bits per heavy atom. The van der Waals surface area contributed by atoms with E-state index >= 15 is 0 Å². The van der Waals surface area contributed by atoms with Crippen molar-refractivity contribution >= 4 is 11.6 Å². The van der Waals surface area contributed by atoms with Crippen LogP contribution in [-0.2, 0) is 4.79 Å². The van der Waals surface area contributed by atoms with Gasteiger partial charge in [0.2, 0.25) is 5.91 Å². The molecule has 0 saturated carbocycles. The highest BCUT2D eigenvalue weighted by Crippen LogP contribution is 2.23. The number of amides is 1. The minimum absolute atomic E-state index is 0.0311. The lowest BCUT2D eigenvalue weighted by molar-refractivity contribution is -0.116. The first-order valence-electron chi connectivity index (χ1n) is 8.98. The average Bonchev–Trinajstić information content (AvgIpc) is 2.55. The van der Waals surface area contributed by atoms with Crippen LogP contribution in [0.5, 0.6) is 5.75 Å². The molecule has 0 radical (unpaired) electrons. The Bertz CT molecular complexity index is 735. The van der Waals surface area contributed by atoms with Gasteiger partial charge in [0.1, 0.15) is 5.75 Å². The number of hydrogen-bond donors (Lipinski definition) is 1. The van der Waals surface area contributed by atoms with Crippen molar-refractivity contribution in [1.82, 2.24) is 0 Å². The van der Waals surface area contributed by atoms with Crippen molar-refractivity contribution < 1.29 is 9.53 Å². The van der Waals surface area contributed by atoms with Gasteiger partial charge in [0.15, 0.2) is 0 Å². The highest BCUT2D eigenvalue weighted by molar-refractivity contribution is 5.91. The first kappa shape index (κ1) is 19.0. The fourth-order valence-electron chi connectivity index (χ4n) is 2.91. The molecule has 0 fully saturated rings. The molecule has 0 aliphatic rings. The van der Waals surface area contributed by atoms with Crippen molar-refractivity contribution in [2.75, 3.05) is 11.9 Å². The van der Waals surface area contributed by atoms with E-state index < -0.39 is 0 Å². The quantitative estimate of drug-likeness (QED) is 0.673. The highest BCUT2D eigenvalue weighted by Gasteiger charge is 2.07. The fourth-order valence-corrected chi connectivity index (χ4v) is 2.91. The molecule has 134 valence electrons. The molecule has 0 saturated heterocycles. The summed E-state index contributed by atoms with van der Waals surface area (Å²) in [4.78, 5) is 12.1. The Labute approximate surface area is 151 Å². The zero-order chi connectivity index (χ0) is 18.4. The molecule has 3 nitrogen and oxygen atoms in total. The van der Waals surface area contributed by atoms with Crippen molar-refractivity contribution in [3.8, 4) is 5.75 Å². The molecule has 3 heteroatoms. The first-order chi connectivity index (χ1) is 11.9. The molecule has 0 unspecified atom stereocenters. The van der Waals surface area contributed by atoms with E-state index in [0.29, 0.717) is 25.4 Å². The van der Waals surface area contributed by atoms with E-state index in [1.54, 1.807) is 0 Å². The van der Waals surface area contributed by atoms with Crippen LogP contribution in [0.15, 0.2) is 36.4 Å². The van der Waals surface area contributed by atoms with Gasteiger partial charge >= 0.3 is 0 Å². The molecule has 0 aliphatic carbocycles. The van der Waals surface area contributed by atoms with Gasteiger partial charge in [-0.1, -0.05) is 32.0 Å². The van der Waals surface area contributed by atoms with Gasteiger partial charge in [0.25, 0.3) is 0 Å². The number of carbonyl (C=O) groups is 1. The Balaban J connectivity index is 1.78. The van der Waals surface area contributed by atoms with E-state index in [-0.39, 0.29) is 5.91 Å². The van der Waals surface area contributed by atoms with E-state index in [4.69, 9.17) is 4.74 Å². The zero-order valence-corrected chi connectivity index (χ0v) is 16.0. The molecule has 1 N–H and O–H groups in total. The predicted octanol–water partition coefficient (Wildman–Crippen LogP) is 5.53. The molecular formula is C22H29NO2. The number of ether oxygens (including phenoxy) is 1. The second-order valence-electron chi connectivity index (χ2n) is 6.92. The molecule has 2 aromatic rings. The van der Waals surface area contributed by atoms with Crippen LogP contribution < -0.4 is 10.1 Å². The number of rotatable bonds is 7. The van der Waals surface area contributed by atoms with Crippen LogP contribution in [0.2, 0.25) is 0 Å². The number of aryl methyl sites for hydroxylation is 2. The summed E-state index contributed by atoms with van der Waals surface area (Å²) >= 11 is 0. The van der Waals surface area contributed by atoms with Gasteiger partial charge in [-0.3, -0.25) is 4.79 Å². The summed E-state index contributed by atoms with van der Waals surface area (Å²) in [5, 5.41) is 2.98. The molecule has 0 heterocycles. The fraction of sp³-hybridized carbons (Fsp3) is 0.409. The number of hydrogen-bond acceptors (Lipinski definition) is 2. The second-order valence-corrected chi connectivity index (χ2v) is 6.92. The monoisotopic (exact) mass is 339 g/mol. The van der Waals surface area contributed by atoms with Crippen LogP contribution in [0.3, 0.4) is 0 Å². The van der Waals surface area contributed by atoms with Gasteiger partial charge in [-0.25, -0.2) is 0 Å². The summed E-state index contributed by atoms with van der Waals surface area (Å²) < 4.78 is 5.79. The lowest BCUT2D eigenvalue weighted by Crippen LogP contribution is -2.14. The maximum absolute atomic E-state index is 12.1. The lowest BCUT2D eigenvalue weighted by atomic mass is 9.98. The lowest BCUT2D eigenvalue weighted by Gasteiger charge is -2.13. The SMILES string of the molecule is Cc1cc(OCCCC(=O)Nc2cccc(C)c2C)ccc1C(C)C. The standard InChI is InChI=1S/C22H29NO2/c1-15(2)20-12-11-19(14-17(20)4)25-13-7-10-22(24)23-21-9-6-8-16(3)18(21)5/h6,8-9,11-12,14-15H,7,10,13H2,1-5H3,(H,23,24). The Morgan fingerprint density at radius 1 is 1.08 bits per heavy atom. The molecular weight excluding hydrogens is 310 g/mol. The summed E-state index contributed by atoms with van der Waals surface area (Å²) in [7, 11) is 0. The van der Waals surface area contributed by atoms with Gasteiger partial charge in [-0.2, -0.15) is 0 Å². The van der Waals surface area contributed by atoms with Gasteiger partial charge in [-0.05, 0) is 73.6 Å². The van der Waals surface area contributed by atoms with Crippen molar-refractivity contribution in [3.63, 3.8) is 0 Å². The molecule has 0 atom stereocenters. The van der Waals surface area contributed by atoms with Crippen molar-refractivity contribution in [1.29, 1.82) is 0 Å². The molecule has 2 aromatic carbocycles. The molecule has 0 aromatic heterocycles. The second kappa shape index (κ2) is 8.70. The van der Waals surface area contributed by atoms with Crippen molar-refractivity contribution in [2.45, 2.75) is 53.4 Å². The molecule has 1 amide bonds. The van der Waals surface area contributed by atoms with Crippen LogP contribution in [0.4, 0.5) is 5.69 Å². The topological polar surface area (TPSA) is 38.3 Å². The molecule has 0 bridgehead atoms. The number of anilines is 1. The normalized spacial score (nSPS) is 10.8. The van der Waals surface area contributed by atoms with Crippen LogP contribution in [-0.4, -0.2) is 12.5 Å². The van der Waals surface area contributed by atoms with Crippen molar-refractivity contribution in [3.05, 3.63) is 58.7 Å². The number of carbonyl (C=O) groups excluding carboxylic acids is 1. The van der Waals surface area contributed by atoms with E-state index in [1.807, 2.05) is 38.1 Å². The smallest absolute Gasteiger partial charge is 0.224 e. The van der Waals surface area contributed by atoms with E-state index in [0.717, 1.165) is 17.0 Å². The summed E-state index contributed by atoms with van der Waals surface area (Å²) in [5.41, 5.74) is 5.79. The molecule has 2 rings (SSSR count). The Hall–Kier alpha value is -2.29. The maximum Gasteiger partial charge on any atom is 0.224 e. The third-order valence-electron chi connectivity index (χ3n) is 4.56. The van der Waals surface area contributed by atoms with Crippen LogP contribution in [0.1, 0.15) is 54.9 Å². The molecule has 0 spiro atoms. The van der Waals surface area contributed by atoms with E-state index in [2.05, 4.69) is 38.2 Å². The third-order valence-corrected chi connectivity index (χ3v) is 4.56. The molecule has 0 aliphatic heterocycles. The Morgan fingerprint density at radius 3 is 2.52 bits per heavy atom. The highest BCUT2D eigenvalue weighted by atomic mass is 16.5. The van der Waals surface area contributed by atoms with Gasteiger partial charge in [0, 0.05) is 12.1 Å². The van der Waals surface area contributed by atoms with Crippen LogP contribution >= 0.6 is 0 Å². The van der Waals surface area contributed by atoms with E-state index in [9.17, 15) is 4.79 Å². The van der Waals surface area contributed by atoms with Crippen LogP contribution in [0, 0.1) is 20.8 Å². The summed E-state index contributed by atoms with van der Waals surface area (Å²) in [5.74, 6) is 1.42. The number of nitrogens with one attached hydrogen (secondary N) is 1. The average molecular weight is 339 g/mol. The largest absolute Gasteiger partial charge is 0.494 e. The van der Waals surface area contributed by atoms with Crippen LogP contribution in [0.25, 0.3) is 0 Å². The predicted molar refractivity (Wildman–Crippen MR) is 105 cm³/mol. The zero-order valence-electron chi connectivity index (χ0n) is 16.0. The third kappa shape index (κ3) is 5.35. The summed E-state index contributed by atoms with van der Waals surface area (Å²) in [6.45, 7) is 11.1. The van der Waals surface area contributed by atoms with Gasteiger partial charge in [0.05, 0.1) is 6.61 Å². The summed E-state index contributed by atoms with van der Waals surface area (Å²) in [6, 6.07) is 12.2. The first-order valence-corrected chi connectivity index (χ1v) is 8.98. The number of benzene rings is 2. The minimum atomic E-state index is 0.0311. The van der Waals surface area contributed by atoms with Gasteiger partial charge in [-0.15, -0.1) is 0 Å². The van der Waals surface area contributed by atoms with E-state index in [1.165, 1.54) is 16.7 Å². The molecule has 25 heavy (non-hydrogen) atoms. The van der Waals surface area contributed by atoms with Gasteiger partial charge < -0.3 is 10.1 Å². The minimum Gasteiger partial charge on any atom is -0.494 e. The van der Waals surface area contributed by atoms with Crippen molar-refractivity contribution in [2.24, 2.45) is 0 Å². The summed E-state index contributed by atoms with van der Waals surface area (Å²) in [6.07, 6.45) is 1.15.